The minimum absolute atomic E-state index is 0.131. The number of benzene rings is 2. The number of aromatic hydroxyl groups is 1. The van der Waals surface area contributed by atoms with E-state index in [1.54, 1.807) is 12.1 Å². The number of hydrogen-bond acceptors (Lipinski definition) is 2. The fraction of sp³-hybridized carbons (Fsp3) is 0.478. The van der Waals surface area contributed by atoms with Gasteiger partial charge >= 0.3 is 0 Å². The van der Waals surface area contributed by atoms with E-state index in [0.29, 0.717) is 22.1 Å². The number of phenolic OH excluding ortho intramolecular Hbond substituents is 1. The van der Waals surface area contributed by atoms with Gasteiger partial charge in [0, 0.05) is 14.2 Å². The molecule has 0 amide bonds. The smallest absolute Gasteiger partial charge is 0.137 e. The zero-order chi connectivity index (χ0) is 23.5. The van der Waals surface area contributed by atoms with E-state index in [1.807, 2.05) is 24.3 Å². The van der Waals surface area contributed by atoms with E-state index in [2.05, 4.69) is 96.0 Å². The monoisotopic (exact) mass is 694 g/mol. The van der Waals surface area contributed by atoms with Gasteiger partial charge in [0.25, 0.3) is 0 Å². The zero-order valence-corrected chi connectivity index (χ0v) is 25.2. The molecule has 2 nitrogen and oxygen atoms in total. The van der Waals surface area contributed by atoms with E-state index in [1.165, 1.54) is 4.43 Å². The molecule has 0 saturated heterocycles. The molecule has 2 rings (SSSR count). The number of alkyl halides is 2. The molecular weight excluding hydrogens is 666 g/mol. The molecule has 0 unspecified atom stereocenters. The van der Waals surface area contributed by atoms with Crippen LogP contribution in [0.1, 0.15) is 47.1 Å². The van der Waals surface area contributed by atoms with Crippen molar-refractivity contribution in [3.63, 3.8) is 0 Å². The first-order valence-corrected chi connectivity index (χ1v) is 13.6. The molecule has 0 heterocycles. The Labute approximate surface area is 222 Å². The average Bonchev–Trinajstić information content (AvgIpc) is 2.63. The van der Waals surface area contributed by atoms with Crippen LogP contribution in [0, 0.1) is 10.8 Å². The summed E-state index contributed by atoms with van der Waals surface area (Å²) >= 11 is 20.6. The van der Waals surface area contributed by atoms with Gasteiger partial charge in [-0.2, -0.15) is 0 Å². The topological polar surface area (TPSA) is 29.5 Å². The lowest BCUT2D eigenvalue weighted by Crippen LogP contribution is -2.16. The first-order valence-electron chi connectivity index (χ1n) is 9.35. The molecule has 2 aromatic rings. The Bertz CT molecular complexity index is 773. The summed E-state index contributed by atoms with van der Waals surface area (Å²) in [6.45, 7) is 13.7. The largest absolute Gasteiger partial charge is 0.506 e. The number of rotatable bonds is 3. The highest BCUT2D eigenvalue weighted by molar-refractivity contribution is 14.1. The molecule has 0 aromatic heterocycles. The highest BCUT2D eigenvalue weighted by atomic mass is 127. The Hall–Kier alpha value is 0.310. The summed E-state index contributed by atoms with van der Waals surface area (Å²) in [6, 6.07) is 10.8. The molecule has 0 aliphatic carbocycles. The van der Waals surface area contributed by atoms with Crippen LogP contribution in [-0.4, -0.2) is 16.1 Å². The maximum absolute atomic E-state index is 8.99. The van der Waals surface area contributed by atoms with Gasteiger partial charge in [-0.3, -0.25) is 0 Å². The molecule has 0 fully saturated rings. The summed E-state index contributed by atoms with van der Waals surface area (Å²) in [5, 5.41) is 10.8. The minimum atomic E-state index is 0.131. The highest BCUT2D eigenvalue weighted by Gasteiger charge is 2.12. The first-order chi connectivity index (χ1) is 13.7. The van der Waals surface area contributed by atoms with Crippen molar-refractivity contribution in [2.45, 2.75) is 46.9 Å². The van der Waals surface area contributed by atoms with Crippen LogP contribution in [0.2, 0.25) is 10.0 Å². The average molecular weight is 697 g/mol. The fourth-order valence-corrected chi connectivity index (χ4v) is 2.80. The van der Waals surface area contributed by atoms with Gasteiger partial charge in [-0.15, -0.1) is 0 Å². The molecule has 0 aliphatic heterocycles. The quantitative estimate of drug-likeness (QED) is 0.256. The van der Waals surface area contributed by atoms with Crippen LogP contribution in [0.15, 0.2) is 40.9 Å². The van der Waals surface area contributed by atoms with E-state index < -0.39 is 0 Å². The Balaban J connectivity index is 0.000000459. The molecule has 7 heteroatoms. The van der Waals surface area contributed by atoms with Crippen LogP contribution in [0.25, 0.3) is 0 Å². The number of phenols is 1. The lowest BCUT2D eigenvalue weighted by molar-refractivity contribution is 0.198. The van der Waals surface area contributed by atoms with Crippen molar-refractivity contribution in [3.8, 4) is 11.5 Å². The lowest BCUT2D eigenvalue weighted by atomic mass is 9.99. The molecule has 2 aromatic carbocycles. The van der Waals surface area contributed by atoms with Gasteiger partial charge in [-0.05, 0) is 46.7 Å². The summed E-state index contributed by atoms with van der Waals surface area (Å²) in [6.07, 6.45) is 0. The zero-order valence-electron chi connectivity index (χ0n) is 18.3. The van der Waals surface area contributed by atoms with Crippen molar-refractivity contribution in [2.75, 3.05) is 11.0 Å². The predicted octanol–water partition coefficient (Wildman–Crippen LogP) is 9.94. The van der Waals surface area contributed by atoms with Crippen LogP contribution in [-0.2, 0) is 5.33 Å². The van der Waals surface area contributed by atoms with Gasteiger partial charge in [-0.1, -0.05) is 125 Å². The predicted molar refractivity (Wildman–Crippen MR) is 148 cm³/mol. The Kier molecular flexibility index (Phi) is 14.6. The van der Waals surface area contributed by atoms with Gasteiger partial charge < -0.3 is 9.84 Å². The molecule has 30 heavy (non-hydrogen) atoms. The molecule has 0 spiro atoms. The molecule has 0 atom stereocenters. The summed E-state index contributed by atoms with van der Waals surface area (Å²) in [7, 11) is 0. The van der Waals surface area contributed by atoms with Crippen molar-refractivity contribution in [3.05, 3.63) is 56.5 Å². The minimum Gasteiger partial charge on any atom is -0.506 e. The van der Waals surface area contributed by atoms with Crippen LogP contribution in [0.3, 0.4) is 0 Å². The van der Waals surface area contributed by atoms with Gasteiger partial charge in [0.15, 0.2) is 0 Å². The second-order valence-electron chi connectivity index (χ2n) is 9.04. The van der Waals surface area contributed by atoms with Crippen molar-refractivity contribution in [1.82, 2.24) is 0 Å². The third kappa shape index (κ3) is 15.2. The second kappa shape index (κ2) is 14.5. The number of hydrogen-bond donors (Lipinski definition) is 1. The van der Waals surface area contributed by atoms with E-state index in [-0.39, 0.29) is 11.2 Å². The SMILES string of the molecule is CC(C)(C)CI.CC(C)(C)COc1ccc(Br)cc1Cl.Oc1ccc(CBr)cc1Cl. The number of ether oxygens (including phenoxy) is 1. The normalized spacial score (nSPS) is 11.0. The van der Waals surface area contributed by atoms with Crippen LogP contribution in [0.5, 0.6) is 11.5 Å². The standard InChI is InChI=1S/C11H14BrClO.C7H6BrClO.C5H11I/c1-11(2,3)7-14-10-5-4-8(12)6-9(10)13;8-4-5-1-2-7(10)6(9)3-5;1-5(2,3)4-6/h4-6H,7H2,1-3H3;1-3,10H,4H2;4H2,1-3H3. The summed E-state index contributed by atoms with van der Waals surface area (Å²) in [5.74, 6) is 0.871. The van der Waals surface area contributed by atoms with Gasteiger partial charge in [0.2, 0.25) is 0 Å². The van der Waals surface area contributed by atoms with Crippen LogP contribution < -0.4 is 4.74 Å². The Morgan fingerprint density at radius 1 is 0.933 bits per heavy atom. The van der Waals surface area contributed by atoms with Crippen molar-refractivity contribution < 1.29 is 9.84 Å². The van der Waals surface area contributed by atoms with E-state index in [0.717, 1.165) is 21.1 Å². The molecular formula is C23H31Br2Cl2IO2. The van der Waals surface area contributed by atoms with Crippen LogP contribution in [0.4, 0.5) is 0 Å². The molecule has 0 radical (unpaired) electrons. The van der Waals surface area contributed by atoms with Crippen molar-refractivity contribution >= 4 is 77.7 Å². The maximum Gasteiger partial charge on any atom is 0.137 e. The third-order valence-electron chi connectivity index (χ3n) is 3.12. The van der Waals surface area contributed by atoms with Crippen molar-refractivity contribution in [2.24, 2.45) is 10.8 Å². The van der Waals surface area contributed by atoms with Gasteiger partial charge in [0.05, 0.1) is 16.7 Å². The van der Waals surface area contributed by atoms with Gasteiger partial charge in [-0.25, -0.2) is 0 Å². The molecule has 0 aliphatic rings. The second-order valence-corrected chi connectivity index (χ2v) is 12.1. The third-order valence-corrected chi connectivity index (χ3v) is 7.15. The first kappa shape index (κ1) is 30.3. The van der Waals surface area contributed by atoms with E-state index in [9.17, 15) is 0 Å². The fourth-order valence-electron chi connectivity index (χ4n) is 1.52. The molecule has 1 N–H and O–H groups in total. The Morgan fingerprint density at radius 3 is 1.90 bits per heavy atom. The van der Waals surface area contributed by atoms with Gasteiger partial charge in [0.1, 0.15) is 11.5 Å². The molecule has 0 bridgehead atoms. The highest BCUT2D eigenvalue weighted by Crippen LogP contribution is 2.29. The van der Waals surface area contributed by atoms with E-state index >= 15 is 0 Å². The Morgan fingerprint density at radius 2 is 1.50 bits per heavy atom. The lowest BCUT2D eigenvalue weighted by Gasteiger charge is -2.19. The summed E-state index contributed by atoms with van der Waals surface area (Å²) in [4.78, 5) is 0. The maximum atomic E-state index is 8.99. The van der Waals surface area contributed by atoms with Crippen molar-refractivity contribution in [1.29, 1.82) is 0 Å². The number of halogens is 5. The molecule has 170 valence electrons. The van der Waals surface area contributed by atoms with Crippen LogP contribution >= 0.6 is 77.7 Å². The molecule has 0 saturated carbocycles. The van der Waals surface area contributed by atoms with E-state index in [4.69, 9.17) is 33.0 Å². The summed E-state index contributed by atoms with van der Waals surface area (Å²) in [5.41, 5.74) is 1.74. The summed E-state index contributed by atoms with van der Waals surface area (Å²) < 4.78 is 7.81.